The van der Waals surface area contributed by atoms with Crippen LogP contribution >= 0.6 is 11.3 Å². The molecular formula is C20H23N5OS. The minimum atomic E-state index is -0.113. The molecule has 0 aliphatic carbocycles. The maximum atomic E-state index is 12.7. The molecule has 27 heavy (non-hydrogen) atoms. The zero-order valence-corrected chi connectivity index (χ0v) is 16.2. The zero-order valence-electron chi connectivity index (χ0n) is 15.4. The molecule has 0 spiro atoms. The second kappa shape index (κ2) is 7.92. The van der Waals surface area contributed by atoms with Crippen molar-refractivity contribution in [2.24, 2.45) is 0 Å². The van der Waals surface area contributed by atoms with E-state index in [0.717, 1.165) is 28.9 Å². The van der Waals surface area contributed by atoms with Crippen molar-refractivity contribution in [3.05, 3.63) is 59.4 Å². The predicted octanol–water partition coefficient (Wildman–Crippen LogP) is 3.56. The molecular weight excluding hydrogens is 358 g/mol. The van der Waals surface area contributed by atoms with Crippen molar-refractivity contribution in [2.75, 3.05) is 18.0 Å². The van der Waals surface area contributed by atoms with E-state index in [2.05, 4.69) is 20.4 Å². The Morgan fingerprint density at radius 2 is 1.85 bits per heavy atom. The Morgan fingerprint density at radius 3 is 2.67 bits per heavy atom. The Kier molecular flexibility index (Phi) is 5.20. The summed E-state index contributed by atoms with van der Waals surface area (Å²) in [6.07, 6.45) is 5.55. The third-order valence-corrected chi connectivity index (χ3v) is 5.90. The number of hydrogen-bond donors (Lipinski definition) is 1. The van der Waals surface area contributed by atoms with Gasteiger partial charge in [0.15, 0.2) is 0 Å². The number of benzene rings is 1. The highest BCUT2D eigenvalue weighted by atomic mass is 32.1. The normalized spacial score (nSPS) is 14.3. The fraction of sp³-hybridized carbons (Fsp3) is 0.350. The van der Waals surface area contributed by atoms with Gasteiger partial charge < -0.3 is 10.2 Å². The molecule has 6 nitrogen and oxygen atoms in total. The van der Waals surface area contributed by atoms with E-state index < -0.39 is 0 Å². The molecule has 2 aromatic heterocycles. The smallest absolute Gasteiger partial charge is 0.268 e. The first-order valence-corrected chi connectivity index (χ1v) is 10.1. The summed E-state index contributed by atoms with van der Waals surface area (Å²) in [6, 6.07) is 11.7. The van der Waals surface area contributed by atoms with Gasteiger partial charge in [-0.25, -0.2) is 0 Å². The number of aromatic nitrogens is 3. The maximum Gasteiger partial charge on any atom is 0.268 e. The number of nitrogens with one attached hydrogen (secondary N) is 1. The minimum absolute atomic E-state index is 0.113. The van der Waals surface area contributed by atoms with Crippen molar-refractivity contribution in [3.8, 4) is 5.13 Å². The van der Waals surface area contributed by atoms with Crippen molar-refractivity contribution in [1.82, 2.24) is 20.1 Å². The van der Waals surface area contributed by atoms with Crippen LogP contribution in [0, 0.1) is 6.92 Å². The summed E-state index contributed by atoms with van der Waals surface area (Å²) in [5.41, 5.74) is 2.86. The number of amides is 1. The lowest BCUT2D eigenvalue weighted by Gasteiger charge is -2.25. The Hall–Kier alpha value is -2.67. The van der Waals surface area contributed by atoms with Crippen LogP contribution in [0.1, 0.15) is 40.9 Å². The molecule has 0 unspecified atom stereocenters. The van der Waals surface area contributed by atoms with Crippen molar-refractivity contribution in [1.29, 1.82) is 0 Å². The quantitative estimate of drug-likeness (QED) is 0.734. The van der Waals surface area contributed by atoms with Gasteiger partial charge in [0.25, 0.3) is 5.91 Å². The van der Waals surface area contributed by atoms with Gasteiger partial charge in [0.05, 0.1) is 0 Å². The van der Waals surface area contributed by atoms with Gasteiger partial charge in [-0.05, 0) is 49.4 Å². The van der Waals surface area contributed by atoms with E-state index in [9.17, 15) is 4.79 Å². The predicted molar refractivity (Wildman–Crippen MR) is 108 cm³/mol. The SMILES string of the molecule is Cc1ccccc1CNC(=O)c1cccn1-c1nnc(N2CCCCC2)s1. The largest absolute Gasteiger partial charge is 0.347 e. The topological polar surface area (TPSA) is 63.1 Å². The van der Waals surface area contributed by atoms with E-state index >= 15 is 0 Å². The van der Waals surface area contributed by atoms with E-state index in [4.69, 9.17) is 0 Å². The molecule has 1 N–H and O–H groups in total. The number of nitrogens with zero attached hydrogens (tertiary/aromatic N) is 4. The number of aryl methyl sites for hydroxylation is 1. The molecule has 1 amide bonds. The van der Waals surface area contributed by atoms with Gasteiger partial charge in [0.1, 0.15) is 5.69 Å². The monoisotopic (exact) mass is 381 g/mol. The molecule has 3 heterocycles. The number of piperidine rings is 1. The lowest BCUT2D eigenvalue weighted by Crippen LogP contribution is -2.29. The molecule has 4 rings (SSSR count). The second-order valence-corrected chi connectivity index (χ2v) is 7.72. The molecule has 1 aliphatic heterocycles. The number of carbonyl (C=O) groups excluding carboxylic acids is 1. The molecule has 1 aliphatic rings. The molecule has 0 bridgehead atoms. The lowest BCUT2D eigenvalue weighted by molar-refractivity contribution is 0.0944. The van der Waals surface area contributed by atoms with Gasteiger partial charge in [-0.3, -0.25) is 9.36 Å². The zero-order chi connectivity index (χ0) is 18.6. The van der Waals surface area contributed by atoms with Gasteiger partial charge in [0.2, 0.25) is 10.3 Å². The fourth-order valence-corrected chi connectivity index (χ4v) is 4.22. The Morgan fingerprint density at radius 1 is 1.07 bits per heavy atom. The number of rotatable bonds is 5. The Balaban J connectivity index is 1.48. The summed E-state index contributed by atoms with van der Waals surface area (Å²) >= 11 is 1.53. The molecule has 7 heteroatoms. The molecule has 1 aromatic carbocycles. The van der Waals surface area contributed by atoms with Gasteiger partial charge in [-0.15, -0.1) is 10.2 Å². The molecule has 0 saturated carbocycles. The Labute approximate surface area is 162 Å². The van der Waals surface area contributed by atoms with Crippen LogP contribution in [-0.2, 0) is 6.54 Å². The van der Waals surface area contributed by atoms with E-state index in [0.29, 0.717) is 12.2 Å². The average molecular weight is 382 g/mol. The van der Waals surface area contributed by atoms with Crippen molar-refractivity contribution >= 4 is 22.4 Å². The standard InChI is InChI=1S/C20H23N5OS/c1-15-8-3-4-9-16(15)14-21-18(26)17-10-7-13-25(17)20-23-22-19(27-20)24-11-5-2-6-12-24/h3-4,7-10,13H,2,5-6,11-12,14H2,1H3,(H,21,26). The molecule has 0 radical (unpaired) electrons. The van der Waals surface area contributed by atoms with Gasteiger partial charge in [-0.1, -0.05) is 35.6 Å². The third kappa shape index (κ3) is 3.88. The number of carbonyl (C=O) groups is 1. The maximum absolute atomic E-state index is 12.7. The second-order valence-electron chi connectivity index (χ2n) is 6.79. The third-order valence-electron chi connectivity index (χ3n) is 4.92. The lowest BCUT2D eigenvalue weighted by atomic mass is 10.1. The Bertz CT molecular complexity index is 926. The number of hydrogen-bond acceptors (Lipinski definition) is 5. The number of anilines is 1. The summed E-state index contributed by atoms with van der Waals surface area (Å²) in [7, 11) is 0. The minimum Gasteiger partial charge on any atom is -0.347 e. The van der Waals surface area contributed by atoms with E-state index in [1.807, 2.05) is 54.1 Å². The van der Waals surface area contributed by atoms with Crippen LogP contribution in [-0.4, -0.2) is 33.8 Å². The van der Waals surface area contributed by atoms with Crippen LogP contribution in [0.2, 0.25) is 0 Å². The summed E-state index contributed by atoms with van der Waals surface area (Å²) < 4.78 is 1.82. The van der Waals surface area contributed by atoms with Crippen molar-refractivity contribution in [2.45, 2.75) is 32.7 Å². The van der Waals surface area contributed by atoms with Crippen LogP contribution in [0.25, 0.3) is 5.13 Å². The van der Waals surface area contributed by atoms with Gasteiger partial charge in [0, 0.05) is 25.8 Å². The summed E-state index contributed by atoms with van der Waals surface area (Å²) in [6.45, 7) is 4.62. The van der Waals surface area contributed by atoms with Crippen LogP contribution in [0.5, 0.6) is 0 Å². The van der Waals surface area contributed by atoms with Gasteiger partial charge >= 0.3 is 0 Å². The highest BCUT2D eigenvalue weighted by Crippen LogP contribution is 2.26. The van der Waals surface area contributed by atoms with Crippen LogP contribution in [0.3, 0.4) is 0 Å². The van der Waals surface area contributed by atoms with Crippen LogP contribution in [0.4, 0.5) is 5.13 Å². The molecule has 3 aromatic rings. The summed E-state index contributed by atoms with van der Waals surface area (Å²) in [5, 5.41) is 13.3. The first kappa shape index (κ1) is 17.7. The van der Waals surface area contributed by atoms with Crippen molar-refractivity contribution < 1.29 is 4.79 Å². The molecule has 1 saturated heterocycles. The fourth-order valence-electron chi connectivity index (χ4n) is 3.33. The van der Waals surface area contributed by atoms with Crippen LogP contribution in [0.15, 0.2) is 42.6 Å². The summed E-state index contributed by atoms with van der Waals surface area (Å²) in [4.78, 5) is 15.0. The molecule has 140 valence electrons. The first-order chi connectivity index (χ1) is 13.2. The van der Waals surface area contributed by atoms with E-state index in [1.165, 1.54) is 36.2 Å². The molecule has 1 fully saturated rings. The van der Waals surface area contributed by atoms with Crippen molar-refractivity contribution in [3.63, 3.8) is 0 Å². The van der Waals surface area contributed by atoms with E-state index in [1.54, 1.807) is 0 Å². The van der Waals surface area contributed by atoms with Gasteiger partial charge in [-0.2, -0.15) is 0 Å². The first-order valence-electron chi connectivity index (χ1n) is 9.31. The highest BCUT2D eigenvalue weighted by Gasteiger charge is 2.19. The van der Waals surface area contributed by atoms with Crippen LogP contribution < -0.4 is 10.2 Å². The summed E-state index contributed by atoms with van der Waals surface area (Å²) in [5.74, 6) is -0.113. The average Bonchev–Trinajstić information content (AvgIpc) is 3.37. The molecule has 0 atom stereocenters. The highest BCUT2D eigenvalue weighted by molar-refractivity contribution is 7.17. The van der Waals surface area contributed by atoms with E-state index in [-0.39, 0.29) is 5.91 Å².